The lowest BCUT2D eigenvalue weighted by Gasteiger charge is -2.14. The maximum atomic E-state index is 5.66. The fourth-order valence-corrected chi connectivity index (χ4v) is 2.43. The zero-order valence-electron chi connectivity index (χ0n) is 9.82. The van der Waals surface area contributed by atoms with Gasteiger partial charge in [-0.1, -0.05) is 20.8 Å². The highest BCUT2D eigenvalue weighted by Crippen LogP contribution is 2.29. The Hall–Kier alpha value is -1.35. The van der Waals surface area contributed by atoms with Crippen LogP contribution in [0.25, 0.3) is 10.6 Å². The lowest BCUT2D eigenvalue weighted by Crippen LogP contribution is -2.11. The highest BCUT2D eigenvalue weighted by molar-refractivity contribution is 7.13. The van der Waals surface area contributed by atoms with Crippen LogP contribution in [0.2, 0.25) is 0 Å². The second kappa shape index (κ2) is 3.91. The van der Waals surface area contributed by atoms with Crippen LogP contribution >= 0.6 is 11.3 Å². The number of aromatic nitrogens is 1. The van der Waals surface area contributed by atoms with Crippen molar-refractivity contribution in [2.24, 2.45) is 0 Å². The number of hydrogen-bond donors (Lipinski definition) is 1. The fraction of sp³-hybridized carbons (Fsp3) is 0.308. The second-order valence-corrected chi connectivity index (χ2v) is 5.77. The van der Waals surface area contributed by atoms with E-state index < -0.39 is 0 Å². The van der Waals surface area contributed by atoms with Crippen molar-refractivity contribution in [2.45, 2.75) is 26.2 Å². The molecule has 84 valence electrons. The molecule has 0 atom stereocenters. The van der Waals surface area contributed by atoms with Crippen LogP contribution in [0.1, 0.15) is 26.5 Å². The van der Waals surface area contributed by atoms with Gasteiger partial charge in [0.2, 0.25) is 0 Å². The van der Waals surface area contributed by atoms with Gasteiger partial charge in [0.1, 0.15) is 5.01 Å². The zero-order chi connectivity index (χ0) is 11.8. The minimum atomic E-state index is 0.114. The zero-order valence-corrected chi connectivity index (χ0v) is 10.6. The van der Waals surface area contributed by atoms with Crippen molar-refractivity contribution in [3.8, 4) is 10.6 Å². The fourth-order valence-electron chi connectivity index (χ4n) is 1.38. The molecule has 0 unspecified atom stereocenters. The number of thiazole rings is 1. The number of nitrogens with two attached hydrogens (primary N) is 1. The third-order valence-electron chi connectivity index (χ3n) is 2.43. The second-order valence-electron chi connectivity index (χ2n) is 4.91. The minimum Gasteiger partial charge on any atom is -0.399 e. The molecule has 1 aromatic carbocycles. The van der Waals surface area contributed by atoms with Gasteiger partial charge in [-0.3, -0.25) is 0 Å². The summed E-state index contributed by atoms with van der Waals surface area (Å²) in [4.78, 5) is 4.66. The Morgan fingerprint density at radius 2 is 1.75 bits per heavy atom. The van der Waals surface area contributed by atoms with Crippen LogP contribution in [0.15, 0.2) is 29.6 Å². The summed E-state index contributed by atoms with van der Waals surface area (Å²) < 4.78 is 0. The molecule has 1 aromatic heterocycles. The van der Waals surface area contributed by atoms with Crippen LogP contribution in [0.5, 0.6) is 0 Å². The predicted octanol–water partition coefficient (Wildman–Crippen LogP) is 3.69. The molecule has 2 aromatic rings. The topological polar surface area (TPSA) is 38.9 Å². The lowest BCUT2D eigenvalue weighted by molar-refractivity contribution is 0.573. The Kier molecular flexibility index (Phi) is 2.72. The molecule has 0 bridgehead atoms. The SMILES string of the molecule is CC(C)(C)c1csc(-c2ccc(N)cc2)n1. The quantitative estimate of drug-likeness (QED) is 0.762. The third-order valence-corrected chi connectivity index (χ3v) is 3.32. The molecule has 0 aliphatic carbocycles. The minimum absolute atomic E-state index is 0.114. The average molecular weight is 232 g/mol. The summed E-state index contributed by atoms with van der Waals surface area (Å²) in [6, 6.07) is 7.85. The summed E-state index contributed by atoms with van der Waals surface area (Å²) in [5.74, 6) is 0. The summed E-state index contributed by atoms with van der Waals surface area (Å²) in [6.07, 6.45) is 0. The van der Waals surface area contributed by atoms with Crippen LogP contribution < -0.4 is 5.73 Å². The number of benzene rings is 1. The highest BCUT2D eigenvalue weighted by atomic mass is 32.1. The summed E-state index contributed by atoms with van der Waals surface area (Å²) in [5, 5.41) is 3.19. The van der Waals surface area contributed by atoms with E-state index in [1.54, 1.807) is 11.3 Å². The molecule has 0 fully saturated rings. The molecule has 2 rings (SSSR count). The first-order valence-electron chi connectivity index (χ1n) is 5.29. The van der Waals surface area contributed by atoms with Gasteiger partial charge in [0, 0.05) is 22.0 Å². The maximum Gasteiger partial charge on any atom is 0.123 e. The Bertz CT molecular complexity index is 477. The van der Waals surface area contributed by atoms with Crippen LogP contribution in [-0.4, -0.2) is 4.98 Å². The van der Waals surface area contributed by atoms with Crippen LogP contribution in [0.3, 0.4) is 0 Å². The maximum absolute atomic E-state index is 5.66. The van der Waals surface area contributed by atoms with Crippen molar-refractivity contribution in [2.75, 3.05) is 5.73 Å². The average Bonchev–Trinajstić information content (AvgIpc) is 2.67. The van der Waals surface area contributed by atoms with Gasteiger partial charge in [0.25, 0.3) is 0 Å². The number of hydrogen-bond acceptors (Lipinski definition) is 3. The van der Waals surface area contributed by atoms with E-state index in [0.717, 1.165) is 22.0 Å². The molecule has 16 heavy (non-hydrogen) atoms. The van der Waals surface area contributed by atoms with Gasteiger partial charge < -0.3 is 5.73 Å². The van der Waals surface area contributed by atoms with Gasteiger partial charge in [-0.05, 0) is 24.3 Å². The number of anilines is 1. The number of nitrogens with zero attached hydrogens (tertiary/aromatic N) is 1. The van der Waals surface area contributed by atoms with E-state index in [9.17, 15) is 0 Å². The van der Waals surface area contributed by atoms with E-state index in [-0.39, 0.29) is 5.41 Å². The van der Waals surface area contributed by atoms with Gasteiger partial charge in [0.05, 0.1) is 5.69 Å². The largest absolute Gasteiger partial charge is 0.399 e. The van der Waals surface area contributed by atoms with E-state index in [4.69, 9.17) is 5.73 Å². The Balaban J connectivity index is 2.35. The standard InChI is InChI=1S/C13H16N2S/c1-13(2,3)11-8-16-12(15-11)9-4-6-10(14)7-5-9/h4-8H,14H2,1-3H3. The first kappa shape index (κ1) is 11.1. The van der Waals surface area contributed by atoms with Crippen molar-refractivity contribution in [1.82, 2.24) is 4.98 Å². The number of nitrogen functional groups attached to an aromatic ring is 1. The first-order chi connectivity index (χ1) is 7.47. The van der Waals surface area contributed by atoms with Gasteiger partial charge >= 0.3 is 0 Å². The van der Waals surface area contributed by atoms with Crippen LogP contribution in [0, 0.1) is 0 Å². The third kappa shape index (κ3) is 2.25. The molecule has 0 saturated heterocycles. The van der Waals surface area contributed by atoms with Crippen molar-refractivity contribution in [1.29, 1.82) is 0 Å². The molecule has 0 amide bonds. The molecule has 2 N–H and O–H groups in total. The highest BCUT2D eigenvalue weighted by Gasteiger charge is 2.17. The summed E-state index contributed by atoms with van der Waals surface area (Å²) >= 11 is 1.68. The van der Waals surface area contributed by atoms with Gasteiger partial charge in [-0.25, -0.2) is 4.98 Å². The van der Waals surface area contributed by atoms with E-state index in [0.29, 0.717) is 0 Å². The van der Waals surface area contributed by atoms with Crippen molar-refractivity contribution < 1.29 is 0 Å². The van der Waals surface area contributed by atoms with E-state index in [2.05, 4.69) is 31.1 Å². The smallest absolute Gasteiger partial charge is 0.123 e. The number of rotatable bonds is 1. The Morgan fingerprint density at radius 3 is 2.25 bits per heavy atom. The Labute approximate surface area is 100 Å². The summed E-state index contributed by atoms with van der Waals surface area (Å²) in [6.45, 7) is 6.53. The van der Waals surface area contributed by atoms with Gasteiger partial charge in [-0.2, -0.15) is 0 Å². The van der Waals surface area contributed by atoms with Gasteiger partial charge in [-0.15, -0.1) is 11.3 Å². The molecule has 0 spiro atoms. The molecule has 0 saturated carbocycles. The normalized spacial score (nSPS) is 11.7. The van der Waals surface area contributed by atoms with E-state index in [1.807, 2.05) is 24.3 Å². The van der Waals surface area contributed by atoms with Crippen molar-refractivity contribution in [3.63, 3.8) is 0 Å². The lowest BCUT2D eigenvalue weighted by atomic mass is 9.93. The predicted molar refractivity (Wildman–Crippen MR) is 70.7 cm³/mol. The Morgan fingerprint density at radius 1 is 1.12 bits per heavy atom. The van der Waals surface area contributed by atoms with Crippen molar-refractivity contribution in [3.05, 3.63) is 35.3 Å². The van der Waals surface area contributed by atoms with Crippen LogP contribution in [-0.2, 0) is 5.41 Å². The first-order valence-corrected chi connectivity index (χ1v) is 6.17. The molecule has 0 aliphatic rings. The molecule has 2 nitrogen and oxygen atoms in total. The summed E-state index contributed by atoms with van der Waals surface area (Å²) in [5.41, 5.74) is 8.84. The molecular weight excluding hydrogens is 216 g/mol. The molecule has 1 heterocycles. The van der Waals surface area contributed by atoms with Crippen molar-refractivity contribution >= 4 is 17.0 Å². The van der Waals surface area contributed by atoms with E-state index in [1.165, 1.54) is 0 Å². The molecule has 0 aliphatic heterocycles. The molecule has 0 radical (unpaired) electrons. The molecular formula is C13H16N2S. The monoisotopic (exact) mass is 232 g/mol. The van der Waals surface area contributed by atoms with E-state index >= 15 is 0 Å². The van der Waals surface area contributed by atoms with Crippen LogP contribution in [0.4, 0.5) is 5.69 Å². The van der Waals surface area contributed by atoms with Gasteiger partial charge in [0.15, 0.2) is 0 Å². The molecule has 3 heteroatoms. The summed E-state index contributed by atoms with van der Waals surface area (Å²) in [7, 11) is 0.